The smallest absolute Gasteiger partial charge is 0.328 e. The lowest BCUT2D eigenvalue weighted by atomic mass is 10.0. The van der Waals surface area contributed by atoms with Gasteiger partial charge in [0, 0.05) is 56.4 Å². The number of carbonyl (C=O) groups excluding carboxylic acids is 1. The summed E-state index contributed by atoms with van der Waals surface area (Å²) in [4.78, 5) is 33.3. The van der Waals surface area contributed by atoms with E-state index in [0.717, 1.165) is 18.7 Å². The Hall–Kier alpha value is -2.97. The molecule has 2 aliphatic rings. The molecular formula is C21H26F3N3O7S. The number of likely N-dealkylation sites (tertiary alicyclic amines) is 1. The molecule has 4 N–H and O–H groups in total. The zero-order valence-electron chi connectivity index (χ0n) is 18.7. The fourth-order valence-electron chi connectivity index (χ4n) is 4.06. The Morgan fingerprint density at radius 3 is 2.20 bits per heavy atom. The van der Waals surface area contributed by atoms with Gasteiger partial charge in [0.15, 0.2) is 11.6 Å². The minimum atomic E-state index is -3.31. The largest absolute Gasteiger partial charge is 0.478 e. The van der Waals surface area contributed by atoms with Gasteiger partial charge >= 0.3 is 11.9 Å². The molecule has 2 saturated heterocycles. The van der Waals surface area contributed by atoms with E-state index in [4.69, 9.17) is 15.9 Å². The third-order valence-electron chi connectivity index (χ3n) is 5.68. The van der Waals surface area contributed by atoms with Gasteiger partial charge in [-0.15, -0.1) is 0 Å². The van der Waals surface area contributed by atoms with Crippen molar-refractivity contribution in [2.75, 3.05) is 25.9 Å². The third kappa shape index (κ3) is 8.04. The highest BCUT2D eigenvalue weighted by molar-refractivity contribution is 7.88. The van der Waals surface area contributed by atoms with Crippen molar-refractivity contribution < 1.29 is 46.2 Å². The van der Waals surface area contributed by atoms with Gasteiger partial charge in [-0.05, 0) is 30.4 Å². The molecule has 3 atom stereocenters. The standard InChI is InChI=1S/C17H22F3N3O3S.C4H4O4/c1-27(25,26)22-8-10-2-3-23(16(10)9-22)17(24)6-12(21)4-11-5-14(19)15(20)7-13(11)18;5-3(6)1-2-4(7)8/h5,7,10,12,16H,2-4,6,8-9,21H2,1H3;1-2H,(H,5,6)(H,7,8)/b;2-1+/t10-,12+,16+;/m0./s1. The van der Waals surface area contributed by atoms with Gasteiger partial charge in [0.1, 0.15) is 5.82 Å². The van der Waals surface area contributed by atoms with E-state index in [0.29, 0.717) is 31.3 Å². The molecule has 2 aliphatic heterocycles. The first-order chi connectivity index (χ1) is 16.2. The number of carboxylic acids is 2. The first-order valence-corrected chi connectivity index (χ1v) is 12.3. The first-order valence-electron chi connectivity index (χ1n) is 10.5. The van der Waals surface area contributed by atoms with Gasteiger partial charge in [-0.1, -0.05) is 0 Å². The minimum absolute atomic E-state index is 0.0828. The molecule has 0 spiro atoms. The van der Waals surface area contributed by atoms with Crippen LogP contribution in [0.25, 0.3) is 0 Å². The SMILES string of the molecule is CS(=O)(=O)N1C[C@@H]2CCN(C(=O)C[C@H](N)Cc3cc(F)c(F)cc3F)[C@@H]2C1.O=C(O)/C=C/C(=O)O. The Balaban J connectivity index is 0.000000466. The fraction of sp³-hybridized carbons (Fsp3) is 0.476. The number of nitrogens with two attached hydrogens (primary N) is 1. The molecule has 194 valence electrons. The number of carbonyl (C=O) groups is 3. The molecule has 1 aromatic rings. The van der Waals surface area contributed by atoms with E-state index in [9.17, 15) is 36.0 Å². The molecular weight excluding hydrogens is 495 g/mol. The van der Waals surface area contributed by atoms with Crippen LogP contribution in [-0.2, 0) is 30.8 Å². The summed E-state index contributed by atoms with van der Waals surface area (Å²) in [5.74, 6) is -6.01. The van der Waals surface area contributed by atoms with Gasteiger partial charge in [0.2, 0.25) is 15.9 Å². The fourth-order valence-corrected chi connectivity index (χ4v) is 4.95. The van der Waals surface area contributed by atoms with Crippen LogP contribution in [0.5, 0.6) is 0 Å². The Morgan fingerprint density at radius 1 is 1.09 bits per heavy atom. The maximum absolute atomic E-state index is 13.7. The molecule has 35 heavy (non-hydrogen) atoms. The van der Waals surface area contributed by atoms with Crippen LogP contribution < -0.4 is 5.73 Å². The van der Waals surface area contributed by atoms with Gasteiger partial charge in [-0.25, -0.2) is 31.2 Å². The van der Waals surface area contributed by atoms with Crippen molar-refractivity contribution in [1.29, 1.82) is 0 Å². The molecule has 1 aromatic carbocycles. The summed E-state index contributed by atoms with van der Waals surface area (Å²) in [6.07, 6.45) is 2.79. The molecule has 2 heterocycles. The lowest BCUT2D eigenvalue weighted by molar-refractivity contribution is -0.134. The number of aliphatic carboxylic acids is 2. The van der Waals surface area contributed by atoms with Crippen molar-refractivity contribution in [2.45, 2.75) is 31.3 Å². The van der Waals surface area contributed by atoms with Gasteiger partial charge in [-0.3, -0.25) is 4.79 Å². The van der Waals surface area contributed by atoms with Gasteiger partial charge in [-0.2, -0.15) is 4.31 Å². The molecule has 0 saturated carbocycles. The Morgan fingerprint density at radius 2 is 1.66 bits per heavy atom. The minimum Gasteiger partial charge on any atom is -0.478 e. The lowest BCUT2D eigenvalue weighted by Crippen LogP contribution is -2.43. The predicted octanol–water partition coefficient (Wildman–Crippen LogP) is 0.568. The number of benzene rings is 1. The first kappa shape index (κ1) is 28.3. The topological polar surface area (TPSA) is 158 Å². The summed E-state index contributed by atoms with van der Waals surface area (Å²) in [6, 6.07) is 0.271. The molecule has 0 aromatic heterocycles. The third-order valence-corrected chi connectivity index (χ3v) is 6.92. The average molecular weight is 522 g/mol. The van der Waals surface area contributed by atoms with Crippen LogP contribution >= 0.6 is 0 Å². The number of sulfonamides is 1. The van der Waals surface area contributed by atoms with Crippen LogP contribution in [0.4, 0.5) is 13.2 Å². The maximum atomic E-state index is 13.7. The summed E-state index contributed by atoms with van der Waals surface area (Å²) < 4.78 is 64.8. The number of halogens is 3. The molecule has 1 amide bonds. The Labute approximate surface area is 199 Å². The van der Waals surface area contributed by atoms with Gasteiger partial charge in [0.25, 0.3) is 0 Å². The molecule has 2 fully saturated rings. The van der Waals surface area contributed by atoms with Crippen LogP contribution in [0.15, 0.2) is 24.3 Å². The van der Waals surface area contributed by atoms with E-state index < -0.39 is 45.5 Å². The number of hydrogen-bond acceptors (Lipinski definition) is 6. The number of carboxylic acid groups (broad SMARTS) is 2. The van der Waals surface area contributed by atoms with E-state index in [1.54, 1.807) is 4.90 Å². The van der Waals surface area contributed by atoms with Crippen LogP contribution in [0.2, 0.25) is 0 Å². The second-order valence-corrected chi connectivity index (χ2v) is 10.3. The highest BCUT2D eigenvalue weighted by Crippen LogP contribution is 2.33. The van der Waals surface area contributed by atoms with Crippen LogP contribution in [0, 0.1) is 23.4 Å². The molecule has 3 rings (SSSR count). The number of rotatable bonds is 7. The molecule has 0 bridgehead atoms. The quantitative estimate of drug-likeness (QED) is 0.347. The zero-order chi connectivity index (χ0) is 26.5. The van der Waals surface area contributed by atoms with Crippen molar-refractivity contribution in [3.63, 3.8) is 0 Å². The van der Waals surface area contributed by atoms with Gasteiger partial charge < -0.3 is 20.8 Å². The second-order valence-electron chi connectivity index (χ2n) is 8.32. The summed E-state index contributed by atoms with van der Waals surface area (Å²) in [6.45, 7) is 1.19. The molecule has 14 heteroatoms. The molecule has 0 radical (unpaired) electrons. The highest BCUT2D eigenvalue weighted by atomic mass is 32.2. The van der Waals surface area contributed by atoms with Crippen molar-refractivity contribution in [2.24, 2.45) is 11.7 Å². The van der Waals surface area contributed by atoms with Crippen molar-refractivity contribution in [3.8, 4) is 0 Å². The lowest BCUT2D eigenvalue weighted by Gasteiger charge is -2.26. The van der Waals surface area contributed by atoms with Crippen LogP contribution in [0.3, 0.4) is 0 Å². The summed E-state index contributed by atoms with van der Waals surface area (Å²) in [5.41, 5.74) is 5.84. The van der Waals surface area contributed by atoms with E-state index in [1.165, 1.54) is 4.31 Å². The average Bonchev–Trinajstić information content (AvgIpc) is 3.31. The monoisotopic (exact) mass is 521 g/mol. The van der Waals surface area contributed by atoms with Crippen molar-refractivity contribution >= 4 is 27.9 Å². The van der Waals surface area contributed by atoms with E-state index >= 15 is 0 Å². The predicted molar refractivity (Wildman–Crippen MR) is 117 cm³/mol. The number of nitrogens with zero attached hydrogens (tertiary/aromatic N) is 2. The van der Waals surface area contributed by atoms with Crippen LogP contribution in [0.1, 0.15) is 18.4 Å². The van der Waals surface area contributed by atoms with E-state index in [1.807, 2.05) is 0 Å². The molecule has 0 unspecified atom stereocenters. The van der Waals surface area contributed by atoms with E-state index in [-0.39, 0.29) is 42.8 Å². The molecule has 10 nitrogen and oxygen atoms in total. The van der Waals surface area contributed by atoms with Crippen molar-refractivity contribution in [1.82, 2.24) is 9.21 Å². The second kappa shape index (κ2) is 11.6. The zero-order valence-corrected chi connectivity index (χ0v) is 19.6. The number of fused-ring (bicyclic) bond motifs is 1. The highest BCUT2D eigenvalue weighted by Gasteiger charge is 2.45. The summed E-state index contributed by atoms with van der Waals surface area (Å²) in [7, 11) is -3.31. The van der Waals surface area contributed by atoms with Crippen LogP contribution in [-0.4, -0.2) is 83.7 Å². The number of amides is 1. The molecule has 0 aliphatic carbocycles. The normalized spacial score (nSPS) is 20.9. The maximum Gasteiger partial charge on any atom is 0.328 e. The summed E-state index contributed by atoms with van der Waals surface area (Å²) >= 11 is 0. The Bertz CT molecular complexity index is 1100. The van der Waals surface area contributed by atoms with Crippen molar-refractivity contribution in [3.05, 3.63) is 47.3 Å². The number of hydrogen-bond donors (Lipinski definition) is 3. The van der Waals surface area contributed by atoms with Gasteiger partial charge in [0.05, 0.1) is 6.26 Å². The summed E-state index contributed by atoms with van der Waals surface area (Å²) in [5, 5.41) is 15.6. The van der Waals surface area contributed by atoms with E-state index in [2.05, 4.69) is 0 Å². The Kier molecular flexibility index (Phi) is 9.40.